The SMILES string of the molecule is CCC1CCCCC1OCc1cc(CNC)sc1C. The number of hydrogen-bond acceptors (Lipinski definition) is 3. The maximum absolute atomic E-state index is 6.23. The van der Waals surface area contributed by atoms with Gasteiger partial charge in [-0.15, -0.1) is 11.3 Å². The highest BCUT2D eigenvalue weighted by Crippen LogP contribution is 2.31. The van der Waals surface area contributed by atoms with Gasteiger partial charge in [0.05, 0.1) is 12.7 Å². The van der Waals surface area contributed by atoms with Crippen LogP contribution in [0.4, 0.5) is 0 Å². The van der Waals surface area contributed by atoms with E-state index in [1.54, 1.807) is 0 Å². The molecule has 0 spiro atoms. The van der Waals surface area contributed by atoms with Crippen LogP contribution in [0.15, 0.2) is 6.07 Å². The molecular formula is C16H27NOS. The molecule has 2 nitrogen and oxygen atoms in total. The van der Waals surface area contributed by atoms with Crippen LogP contribution in [0.5, 0.6) is 0 Å². The van der Waals surface area contributed by atoms with Gasteiger partial charge in [0.25, 0.3) is 0 Å². The first kappa shape index (κ1) is 15.0. The minimum atomic E-state index is 0.491. The molecule has 1 saturated carbocycles. The molecule has 0 aromatic carbocycles. The molecular weight excluding hydrogens is 254 g/mol. The summed E-state index contributed by atoms with van der Waals surface area (Å²) in [6.45, 7) is 6.27. The molecule has 2 atom stereocenters. The molecule has 1 aromatic heterocycles. The first-order chi connectivity index (χ1) is 9.24. The van der Waals surface area contributed by atoms with Gasteiger partial charge in [-0.05, 0) is 44.4 Å². The van der Waals surface area contributed by atoms with Gasteiger partial charge in [-0.25, -0.2) is 0 Å². The van der Waals surface area contributed by atoms with Gasteiger partial charge in [0.15, 0.2) is 0 Å². The highest BCUT2D eigenvalue weighted by atomic mass is 32.1. The minimum Gasteiger partial charge on any atom is -0.373 e. The van der Waals surface area contributed by atoms with E-state index < -0.39 is 0 Å². The van der Waals surface area contributed by atoms with E-state index in [9.17, 15) is 0 Å². The quantitative estimate of drug-likeness (QED) is 0.841. The molecule has 1 heterocycles. The van der Waals surface area contributed by atoms with Crippen molar-refractivity contribution in [1.82, 2.24) is 5.32 Å². The van der Waals surface area contributed by atoms with E-state index in [1.165, 1.54) is 47.4 Å². The zero-order valence-corrected chi connectivity index (χ0v) is 13.3. The van der Waals surface area contributed by atoms with Crippen molar-refractivity contribution in [2.75, 3.05) is 7.05 Å². The Labute approximate surface area is 121 Å². The molecule has 0 saturated heterocycles. The first-order valence-corrected chi connectivity index (χ1v) is 8.40. The van der Waals surface area contributed by atoms with Crippen molar-refractivity contribution in [3.63, 3.8) is 0 Å². The summed E-state index contributed by atoms with van der Waals surface area (Å²) in [4.78, 5) is 2.82. The molecule has 19 heavy (non-hydrogen) atoms. The lowest BCUT2D eigenvalue weighted by Crippen LogP contribution is -2.27. The Morgan fingerprint density at radius 1 is 1.37 bits per heavy atom. The van der Waals surface area contributed by atoms with Gasteiger partial charge < -0.3 is 10.1 Å². The van der Waals surface area contributed by atoms with Crippen LogP contribution in [0.25, 0.3) is 0 Å². The molecule has 3 heteroatoms. The highest BCUT2D eigenvalue weighted by Gasteiger charge is 2.24. The van der Waals surface area contributed by atoms with Crippen molar-refractivity contribution in [2.24, 2.45) is 5.92 Å². The molecule has 2 unspecified atom stereocenters. The van der Waals surface area contributed by atoms with E-state index in [-0.39, 0.29) is 0 Å². The third kappa shape index (κ3) is 4.04. The third-order valence-corrected chi connectivity index (χ3v) is 5.33. The van der Waals surface area contributed by atoms with Gasteiger partial charge in [0.1, 0.15) is 0 Å². The fourth-order valence-corrected chi connectivity index (χ4v) is 4.11. The molecule has 1 aliphatic carbocycles. The number of thiophene rings is 1. The van der Waals surface area contributed by atoms with E-state index in [1.807, 2.05) is 18.4 Å². The zero-order valence-electron chi connectivity index (χ0n) is 12.5. The fraction of sp³-hybridized carbons (Fsp3) is 0.750. The maximum Gasteiger partial charge on any atom is 0.0731 e. The Morgan fingerprint density at radius 3 is 2.89 bits per heavy atom. The van der Waals surface area contributed by atoms with Gasteiger partial charge >= 0.3 is 0 Å². The summed E-state index contributed by atoms with van der Waals surface area (Å²) >= 11 is 1.89. The molecule has 0 aliphatic heterocycles. The molecule has 1 N–H and O–H groups in total. The normalized spacial score (nSPS) is 23.7. The summed E-state index contributed by atoms with van der Waals surface area (Å²) in [5, 5.41) is 3.22. The van der Waals surface area contributed by atoms with Crippen LogP contribution >= 0.6 is 11.3 Å². The van der Waals surface area contributed by atoms with Crippen LogP contribution in [-0.4, -0.2) is 13.2 Å². The smallest absolute Gasteiger partial charge is 0.0731 e. The van der Waals surface area contributed by atoms with Crippen molar-refractivity contribution in [1.29, 1.82) is 0 Å². The Balaban J connectivity index is 1.90. The van der Waals surface area contributed by atoms with Crippen LogP contribution < -0.4 is 5.32 Å². The lowest BCUT2D eigenvalue weighted by Gasteiger charge is -2.30. The van der Waals surface area contributed by atoms with Gasteiger partial charge in [0.2, 0.25) is 0 Å². The molecule has 0 radical (unpaired) electrons. The van der Waals surface area contributed by atoms with Crippen molar-refractivity contribution in [2.45, 2.75) is 65.2 Å². The zero-order chi connectivity index (χ0) is 13.7. The lowest BCUT2D eigenvalue weighted by molar-refractivity contribution is -0.0222. The van der Waals surface area contributed by atoms with Gasteiger partial charge in [-0.2, -0.15) is 0 Å². The molecule has 108 valence electrons. The Morgan fingerprint density at radius 2 is 2.16 bits per heavy atom. The topological polar surface area (TPSA) is 21.3 Å². The summed E-state index contributed by atoms with van der Waals surface area (Å²) in [5.74, 6) is 0.782. The number of hydrogen-bond donors (Lipinski definition) is 1. The van der Waals surface area contributed by atoms with E-state index in [0.29, 0.717) is 6.10 Å². The molecule has 1 fully saturated rings. The molecule has 1 aliphatic rings. The van der Waals surface area contributed by atoms with Crippen molar-refractivity contribution in [3.05, 3.63) is 21.4 Å². The van der Waals surface area contributed by atoms with E-state index in [0.717, 1.165) is 19.1 Å². The third-order valence-electron chi connectivity index (χ3n) is 4.24. The van der Waals surface area contributed by atoms with Crippen LogP contribution in [0.1, 0.15) is 54.3 Å². The summed E-state index contributed by atoms with van der Waals surface area (Å²) in [7, 11) is 2.00. The fourth-order valence-electron chi connectivity index (χ4n) is 3.05. The molecule has 0 bridgehead atoms. The largest absolute Gasteiger partial charge is 0.373 e. The second kappa shape index (κ2) is 7.41. The predicted molar refractivity (Wildman–Crippen MR) is 82.6 cm³/mol. The Kier molecular flexibility index (Phi) is 5.86. The number of nitrogens with one attached hydrogen (secondary N) is 1. The standard InChI is InChI=1S/C16H27NOS/c1-4-13-7-5-6-8-16(13)18-11-14-9-15(10-17-3)19-12(14)2/h9,13,16-17H,4-8,10-11H2,1-3H3. The molecule has 0 amide bonds. The van der Waals surface area contributed by atoms with E-state index in [2.05, 4.69) is 25.2 Å². The van der Waals surface area contributed by atoms with Crippen LogP contribution in [0.3, 0.4) is 0 Å². The van der Waals surface area contributed by atoms with E-state index >= 15 is 0 Å². The molecule has 1 aromatic rings. The van der Waals surface area contributed by atoms with Gasteiger partial charge in [-0.1, -0.05) is 26.2 Å². The number of rotatable bonds is 6. The maximum atomic E-state index is 6.23. The predicted octanol–water partition coefficient (Wildman–Crippen LogP) is 4.26. The first-order valence-electron chi connectivity index (χ1n) is 7.59. The van der Waals surface area contributed by atoms with Crippen LogP contribution in [0.2, 0.25) is 0 Å². The van der Waals surface area contributed by atoms with Crippen molar-refractivity contribution in [3.8, 4) is 0 Å². The Hall–Kier alpha value is -0.380. The highest BCUT2D eigenvalue weighted by molar-refractivity contribution is 7.12. The molecule has 2 rings (SSSR count). The van der Waals surface area contributed by atoms with Gasteiger partial charge in [-0.3, -0.25) is 0 Å². The average molecular weight is 281 g/mol. The average Bonchev–Trinajstić information content (AvgIpc) is 2.77. The monoisotopic (exact) mass is 281 g/mol. The van der Waals surface area contributed by atoms with E-state index in [4.69, 9.17) is 4.74 Å². The minimum absolute atomic E-state index is 0.491. The summed E-state index contributed by atoms with van der Waals surface area (Å²) in [6.07, 6.45) is 7.10. The van der Waals surface area contributed by atoms with Crippen LogP contribution in [0, 0.1) is 12.8 Å². The van der Waals surface area contributed by atoms with Crippen LogP contribution in [-0.2, 0) is 17.9 Å². The number of aryl methyl sites for hydroxylation is 1. The summed E-state index contributed by atoms with van der Waals surface area (Å²) in [5.41, 5.74) is 1.38. The van der Waals surface area contributed by atoms with Crippen molar-refractivity contribution >= 4 is 11.3 Å². The van der Waals surface area contributed by atoms with Crippen molar-refractivity contribution < 1.29 is 4.74 Å². The second-order valence-electron chi connectivity index (χ2n) is 5.63. The summed E-state index contributed by atoms with van der Waals surface area (Å²) in [6, 6.07) is 2.31. The lowest BCUT2D eigenvalue weighted by atomic mass is 9.85. The summed E-state index contributed by atoms with van der Waals surface area (Å²) < 4.78 is 6.23. The number of ether oxygens (including phenoxy) is 1. The van der Waals surface area contributed by atoms with Gasteiger partial charge in [0, 0.05) is 16.3 Å². The Bertz CT molecular complexity index is 388. The second-order valence-corrected chi connectivity index (χ2v) is 6.97.